The molecule has 3 N–H and O–H groups in total. The van der Waals surface area contributed by atoms with Crippen LogP contribution >= 0.6 is 11.6 Å². The molecule has 1 fully saturated rings. The quantitative estimate of drug-likeness (QED) is 0.253. The van der Waals surface area contributed by atoms with Crippen molar-refractivity contribution in [1.29, 1.82) is 0 Å². The van der Waals surface area contributed by atoms with Gasteiger partial charge in [-0.15, -0.1) is 0 Å². The predicted octanol–water partition coefficient (Wildman–Crippen LogP) is 5.17. The van der Waals surface area contributed by atoms with Gasteiger partial charge >= 0.3 is 0 Å². The van der Waals surface area contributed by atoms with Gasteiger partial charge in [0.05, 0.1) is 17.2 Å². The number of benzene rings is 1. The van der Waals surface area contributed by atoms with Crippen molar-refractivity contribution in [2.45, 2.75) is 98.7 Å². The number of carbonyl (C=O) groups excluding carboxylic acids is 3. The minimum Gasteiger partial charge on any atom is -0.340 e. The molecular weight excluding hydrogens is 492 g/mol. The zero-order valence-electron chi connectivity index (χ0n) is 23.4. The Kier molecular flexibility index (Phi) is 11.9. The minimum absolute atomic E-state index is 0.115. The Hall–Kier alpha value is -2.16. The van der Waals surface area contributed by atoms with Gasteiger partial charge in [-0.3, -0.25) is 19.2 Å². The highest BCUT2D eigenvalue weighted by Gasteiger charge is 2.39. The molecule has 8 nitrogen and oxygen atoms in total. The van der Waals surface area contributed by atoms with E-state index in [2.05, 4.69) is 36.9 Å². The number of hydrogen-bond donors (Lipinski definition) is 3. The van der Waals surface area contributed by atoms with E-state index in [-0.39, 0.29) is 34.5 Å². The van der Waals surface area contributed by atoms with Crippen LogP contribution in [0.2, 0.25) is 5.02 Å². The van der Waals surface area contributed by atoms with Crippen molar-refractivity contribution in [3.63, 3.8) is 0 Å². The van der Waals surface area contributed by atoms with Crippen molar-refractivity contribution in [2.75, 3.05) is 18.5 Å². The second kappa shape index (κ2) is 14.1. The second-order valence-electron chi connectivity index (χ2n) is 11.3. The number of hydrogen-bond acceptors (Lipinski definition) is 5. The van der Waals surface area contributed by atoms with Gasteiger partial charge in [-0.2, -0.15) is 5.48 Å². The molecule has 1 aromatic carbocycles. The maximum Gasteiger partial charge on any atom is 0.253 e. The summed E-state index contributed by atoms with van der Waals surface area (Å²) in [7, 11) is 0. The topological polar surface area (TPSA) is 99.8 Å². The van der Waals surface area contributed by atoms with Gasteiger partial charge in [-0.25, -0.2) is 0 Å². The van der Waals surface area contributed by atoms with E-state index in [9.17, 15) is 14.4 Å². The van der Waals surface area contributed by atoms with Crippen molar-refractivity contribution in [3.05, 3.63) is 28.8 Å². The van der Waals surface area contributed by atoms with Crippen LogP contribution in [0.5, 0.6) is 0 Å². The molecule has 0 bridgehead atoms. The Labute approximate surface area is 227 Å². The van der Waals surface area contributed by atoms with Crippen LogP contribution in [-0.2, 0) is 14.4 Å². The first-order chi connectivity index (χ1) is 17.3. The molecule has 2 rings (SSSR count). The Morgan fingerprint density at radius 1 is 1.14 bits per heavy atom. The molecule has 2 unspecified atom stereocenters. The molecule has 2 atom stereocenters. The Balaban J connectivity index is 2.18. The standard InChI is InChI=1S/C28H45ClN4O4/c1-8-24(34)30-20-13-14-22(23(29)17-20)26(35)31-25(28(5,6)7)27(36)33(21-11-9-10-12-21)15-16-37-32-19(4)18(2)3/h13-14,17-19,21,25,32H,8-12,15-16H2,1-7H3,(H,30,34)(H,31,35). The van der Waals surface area contributed by atoms with E-state index < -0.39 is 17.4 Å². The van der Waals surface area contributed by atoms with Gasteiger partial charge in [0, 0.05) is 30.7 Å². The fourth-order valence-corrected chi connectivity index (χ4v) is 4.48. The fraction of sp³-hybridized carbons (Fsp3) is 0.679. The second-order valence-corrected chi connectivity index (χ2v) is 11.7. The summed E-state index contributed by atoms with van der Waals surface area (Å²) in [5.74, 6) is -0.258. The first-order valence-electron chi connectivity index (χ1n) is 13.4. The summed E-state index contributed by atoms with van der Waals surface area (Å²) in [4.78, 5) is 46.5. The van der Waals surface area contributed by atoms with Crippen LogP contribution in [0.3, 0.4) is 0 Å². The average Bonchev–Trinajstić information content (AvgIpc) is 3.35. The van der Waals surface area contributed by atoms with E-state index >= 15 is 0 Å². The zero-order valence-corrected chi connectivity index (χ0v) is 24.2. The summed E-state index contributed by atoms with van der Waals surface area (Å²) in [5.41, 5.74) is 3.30. The predicted molar refractivity (Wildman–Crippen MR) is 148 cm³/mol. The highest BCUT2D eigenvalue weighted by Crippen LogP contribution is 2.29. The molecule has 208 valence electrons. The van der Waals surface area contributed by atoms with E-state index in [1.807, 2.05) is 25.7 Å². The first-order valence-corrected chi connectivity index (χ1v) is 13.8. The SMILES string of the molecule is CCC(=O)Nc1ccc(C(=O)NC(C(=O)N(CCONC(C)C(C)C)C2CCCC2)C(C)(C)C)c(Cl)c1. The molecule has 9 heteroatoms. The molecular formula is C28H45ClN4O4. The van der Waals surface area contributed by atoms with Gasteiger partial charge < -0.3 is 15.5 Å². The molecule has 1 aliphatic rings. The van der Waals surface area contributed by atoms with Gasteiger partial charge in [0.15, 0.2) is 0 Å². The molecule has 1 aromatic rings. The third-order valence-corrected chi connectivity index (χ3v) is 7.27. The monoisotopic (exact) mass is 536 g/mol. The number of nitrogens with zero attached hydrogens (tertiary/aromatic N) is 1. The summed E-state index contributed by atoms with van der Waals surface area (Å²) in [5, 5.41) is 5.89. The van der Waals surface area contributed by atoms with E-state index in [1.165, 1.54) is 0 Å². The van der Waals surface area contributed by atoms with Crippen molar-refractivity contribution < 1.29 is 19.2 Å². The summed E-state index contributed by atoms with van der Waals surface area (Å²) >= 11 is 6.40. The van der Waals surface area contributed by atoms with E-state index in [0.29, 0.717) is 31.2 Å². The molecule has 0 aromatic heterocycles. The van der Waals surface area contributed by atoms with Crippen molar-refractivity contribution in [1.82, 2.24) is 15.7 Å². The van der Waals surface area contributed by atoms with Crippen LogP contribution in [0.4, 0.5) is 5.69 Å². The maximum absolute atomic E-state index is 13.9. The fourth-order valence-electron chi connectivity index (χ4n) is 4.21. The van der Waals surface area contributed by atoms with Gasteiger partial charge in [0.2, 0.25) is 11.8 Å². The summed E-state index contributed by atoms with van der Waals surface area (Å²) < 4.78 is 0. The third kappa shape index (κ3) is 9.27. The Morgan fingerprint density at radius 2 is 1.78 bits per heavy atom. The number of hydroxylamine groups is 1. The molecule has 0 heterocycles. The third-order valence-electron chi connectivity index (χ3n) is 6.96. The first kappa shape index (κ1) is 31.1. The van der Waals surface area contributed by atoms with Crippen LogP contribution in [0.25, 0.3) is 0 Å². The van der Waals surface area contributed by atoms with Crippen LogP contribution in [0, 0.1) is 11.3 Å². The molecule has 0 aliphatic heterocycles. The van der Waals surface area contributed by atoms with Gasteiger partial charge in [0.25, 0.3) is 5.91 Å². The largest absolute Gasteiger partial charge is 0.340 e. The molecule has 0 spiro atoms. The zero-order chi connectivity index (χ0) is 27.8. The maximum atomic E-state index is 13.9. The smallest absolute Gasteiger partial charge is 0.253 e. The van der Waals surface area contributed by atoms with E-state index in [4.69, 9.17) is 16.4 Å². The van der Waals surface area contributed by atoms with E-state index in [0.717, 1.165) is 25.7 Å². The summed E-state index contributed by atoms with van der Waals surface area (Å²) in [6.45, 7) is 14.7. The summed E-state index contributed by atoms with van der Waals surface area (Å²) in [6, 6.07) is 4.32. The van der Waals surface area contributed by atoms with Crippen molar-refractivity contribution in [3.8, 4) is 0 Å². The molecule has 3 amide bonds. The lowest BCUT2D eigenvalue weighted by Crippen LogP contribution is -2.57. The number of anilines is 1. The van der Waals surface area contributed by atoms with E-state index in [1.54, 1.807) is 25.1 Å². The number of rotatable bonds is 12. The Morgan fingerprint density at radius 3 is 2.32 bits per heavy atom. The lowest BCUT2D eigenvalue weighted by Gasteiger charge is -2.38. The van der Waals surface area contributed by atoms with Crippen molar-refractivity contribution in [2.24, 2.45) is 11.3 Å². The number of amides is 3. The molecule has 37 heavy (non-hydrogen) atoms. The van der Waals surface area contributed by atoms with Crippen LogP contribution < -0.4 is 16.1 Å². The van der Waals surface area contributed by atoms with Crippen molar-refractivity contribution >= 4 is 35.0 Å². The normalized spacial score (nSPS) is 15.9. The lowest BCUT2D eigenvalue weighted by atomic mass is 9.85. The minimum atomic E-state index is -0.751. The summed E-state index contributed by atoms with van der Waals surface area (Å²) in [6.07, 6.45) is 4.40. The number of halogens is 1. The molecule has 1 saturated carbocycles. The van der Waals surface area contributed by atoms with Crippen LogP contribution in [0.1, 0.15) is 90.9 Å². The average molecular weight is 537 g/mol. The Bertz CT molecular complexity index is 925. The molecule has 0 radical (unpaired) electrons. The highest BCUT2D eigenvalue weighted by atomic mass is 35.5. The highest BCUT2D eigenvalue weighted by molar-refractivity contribution is 6.34. The molecule has 0 saturated heterocycles. The van der Waals surface area contributed by atoms with Crippen LogP contribution in [0.15, 0.2) is 18.2 Å². The number of nitrogens with one attached hydrogen (secondary N) is 3. The molecule has 1 aliphatic carbocycles. The number of carbonyl (C=O) groups is 3. The lowest BCUT2D eigenvalue weighted by molar-refractivity contribution is -0.139. The van der Waals surface area contributed by atoms with Gasteiger partial charge in [-0.1, -0.05) is 66.0 Å². The van der Waals surface area contributed by atoms with Gasteiger partial charge in [-0.05, 0) is 49.3 Å². The van der Waals surface area contributed by atoms with Crippen LogP contribution in [-0.4, -0.2) is 53.9 Å². The van der Waals surface area contributed by atoms with Gasteiger partial charge in [0.1, 0.15) is 6.04 Å².